The normalized spacial score (nSPS) is 10.2. The fourth-order valence-corrected chi connectivity index (χ4v) is 2.18. The topological polar surface area (TPSA) is 42.0 Å². The number of halogens is 1. The highest BCUT2D eigenvalue weighted by Crippen LogP contribution is 2.22. The molecule has 0 atom stereocenters. The molecule has 1 heterocycles. The van der Waals surface area contributed by atoms with E-state index in [-0.39, 0.29) is 5.91 Å². The highest BCUT2D eigenvalue weighted by molar-refractivity contribution is 9.09. The first-order valence-corrected chi connectivity index (χ1v) is 7.07. The monoisotopic (exact) mass is 310 g/mol. The van der Waals surface area contributed by atoms with Crippen LogP contribution in [-0.4, -0.2) is 16.2 Å². The first kappa shape index (κ1) is 12.3. The van der Waals surface area contributed by atoms with Crippen LogP contribution in [0.15, 0.2) is 29.6 Å². The van der Waals surface area contributed by atoms with Crippen LogP contribution in [0.2, 0.25) is 0 Å². The average molecular weight is 311 g/mol. The second-order valence-electron chi connectivity index (χ2n) is 3.51. The Labute approximate surface area is 112 Å². The quantitative estimate of drug-likeness (QED) is 0.882. The number of carbonyl (C=O) groups is 1. The Hall–Kier alpha value is -1.20. The largest absolute Gasteiger partial charge is 0.325 e. The van der Waals surface area contributed by atoms with E-state index in [9.17, 15) is 4.79 Å². The summed E-state index contributed by atoms with van der Waals surface area (Å²) in [6.07, 6.45) is 0. The molecule has 0 spiro atoms. The zero-order chi connectivity index (χ0) is 12.3. The molecule has 1 aromatic carbocycles. The third kappa shape index (κ3) is 3.14. The van der Waals surface area contributed by atoms with Crippen molar-refractivity contribution in [3.05, 3.63) is 34.7 Å². The van der Waals surface area contributed by atoms with Crippen LogP contribution in [0, 0.1) is 6.92 Å². The van der Waals surface area contributed by atoms with Gasteiger partial charge in [-0.1, -0.05) is 28.1 Å². The number of nitrogens with zero attached hydrogens (tertiary/aromatic N) is 1. The maximum absolute atomic E-state index is 11.2. The molecule has 0 saturated carbocycles. The molecule has 0 fully saturated rings. The smallest absolute Gasteiger partial charge is 0.235 e. The number of carbonyl (C=O) groups excluding carboxylic acids is 1. The Bertz CT molecular complexity index is 522. The molecule has 2 aromatic rings. The molecule has 1 N–H and O–H groups in total. The van der Waals surface area contributed by atoms with Crippen molar-refractivity contribution in [3.63, 3.8) is 0 Å². The molecule has 0 radical (unpaired) electrons. The van der Waals surface area contributed by atoms with E-state index >= 15 is 0 Å². The summed E-state index contributed by atoms with van der Waals surface area (Å²) in [6, 6.07) is 7.67. The lowest BCUT2D eigenvalue weighted by molar-refractivity contribution is -0.113. The molecule has 17 heavy (non-hydrogen) atoms. The molecular weight excluding hydrogens is 300 g/mol. The molecule has 1 amide bonds. The van der Waals surface area contributed by atoms with Gasteiger partial charge in [0.25, 0.3) is 0 Å². The van der Waals surface area contributed by atoms with Crippen LogP contribution in [0.25, 0.3) is 11.3 Å². The lowest BCUT2D eigenvalue weighted by Gasteiger charge is -2.03. The summed E-state index contributed by atoms with van der Waals surface area (Å²) in [6.45, 7) is 1.98. The summed E-state index contributed by atoms with van der Waals surface area (Å²) in [7, 11) is 0. The van der Waals surface area contributed by atoms with Gasteiger partial charge in [0.05, 0.1) is 16.0 Å². The van der Waals surface area contributed by atoms with Gasteiger partial charge in [-0.05, 0) is 19.1 Å². The summed E-state index contributed by atoms with van der Waals surface area (Å²) < 4.78 is 0. The molecule has 0 bridgehead atoms. The highest BCUT2D eigenvalue weighted by atomic mass is 79.9. The summed E-state index contributed by atoms with van der Waals surface area (Å²) in [5.74, 6) is -0.0535. The van der Waals surface area contributed by atoms with Crippen LogP contribution in [0.1, 0.15) is 5.01 Å². The number of nitrogens with one attached hydrogen (secondary N) is 1. The van der Waals surface area contributed by atoms with E-state index < -0.39 is 0 Å². The van der Waals surface area contributed by atoms with E-state index in [2.05, 4.69) is 26.2 Å². The first-order valence-electron chi connectivity index (χ1n) is 5.07. The van der Waals surface area contributed by atoms with Crippen molar-refractivity contribution in [2.75, 3.05) is 10.6 Å². The highest BCUT2D eigenvalue weighted by Gasteiger charge is 2.03. The lowest BCUT2D eigenvalue weighted by atomic mass is 10.1. The molecule has 2 rings (SSSR count). The van der Waals surface area contributed by atoms with Crippen molar-refractivity contribution in [2.24, 2.45) is 0 Å². The standard InChI is InChI=1S/C12H11BrN2OS/c1-8-14-11(7-17-8)9-2-4-10(5-3-9)15-12(16)6-13/h2-5,7H,6H2,1H3,(H,15,16). The second kappa shape index (κ2) is 5.42. The minimum atomic E-state index is -0.0535. The molecular formula is C12H11BrN2OS. The number of hydrogen-bond donors (Lipinski definition) is 1. The van der Waals surface area contributed by atoms with Gasteiger partial charge in [-0.15, -0.1) is 11.3 Å². The number of amides is 1. The van der Waals surface area contributed by atoms with Crippen LogP contribution >= 0.6 is 27.3 Å². The Kier molecular flexibility index (Phi) is 3.91. The van der Waals surface area contributed by atoms with Gasteiger partial charge in [0.15, 0.2) is 0 Å². The molecule has 3 nitrogen and oxygen atoms in total. The Balaban J connectivity index is 2.15. The summed E-state index contributed by atoms with van der Waals surface area (Å²) in [4.78, 5) is 15.6. The summed E-state index contributed by atoms with van der Waals surface area (Å²) in [5, 5.41) is 6.16. The van der Waals surface area contributed by atoms with Gasteiger partial charge in [-0.2, -0.15) is 0 Å². The van der Waals surface area contributed by atoms with E-state index in [1.54, 1.807) is 11.3 Å². The van der Waals surface area contributed by atoms with Gasteiger partial charge in [-0.25, -0.2) is 4.98 Å². The zero-order valence-corrected chi connectivity index (χ0v) is 11.6. The fourth-order valence-electron chi connectivity index (χ4n) is 1.41. The number of benzene rings is 1. The van der Waals surface area contributed by atoms with Crippen molar-refractivity contribution in [1.82, 2.24) is 4.98 Å². The SMILES string of the molecule is Cc1nc(-c2ccc(NC(=O)CBr)cc2)cs1. The summed E-state index contributed by atoms with van der Waals surface area (Å²) >= 11 is 4.74. The minimum Gasteiger partial charge on any atom is -0.325 e. The average Bonchev–Trinajstić information content (AvgIpc) is 2.77. The number of thiazole rings is 1. The maximum atomic E-state index is 11.2. The first-order chi connectivity index (χ1) is 8.19. The molecule has 0 unspecified atom stereocenters. The van der Waals surface area contributed by atoms with Gasteiger partial charge in [0.2, 0.25) is 5.91 Å². The van der Waals surface area contributed by atoms with E-state index in [1.807, 2.05) is 36.6 Å². The Morgan fingerprint density at radius 3 is 2.65 bits per heavy atom. The van der Waals surface area contributed by atoms with Gasteiger partial charge in [-0.3, -0.25) is 4.79 Å². The molecule has 0 aliphatic heterocycles. The number of hydrogen-bond acceptors (Lipinski definition) is 3. The van der Waals surface area contributed by atoms with Crippen molar-refractivity contribution in [1.29, 1.82) is 0 Å². The molecule has 0 saturated heterocycles. The van der Waals surface area contributed by atoms with Crippen LogP contribution in [-0.2, 0) is 4.79 Å². The molecule has 0 aliphatic rings. The maximum Gasteiger partial charge on any atom is 0.235 e. The number of aryl methyl sites for hydroxylation is 1. The number of anilines is 1. The number of aromatic nitrogens is 1. The van der Waals surface area contributed by atoms with Crippen molar-refractivity contribution in [3.8, 4) is 11.3 Å². The predicted octanol–water partition coefficient (Wildman–Crippen LogP) is 3.45. The van der Waals surface area contributed by atoms with Gasteiger partial charge >= 0.3 is 0 Å². The van der Waals surface area contributed by atoms with Crippen molar-refractivity contribution >= 4 is 38.9 Å². The minimum absolute atomic E-state index is 0.0535. The fraction of sp³-hybridized carbons (Fsp3) is 0.167. The van der Waals surface area contributed by atoms with Crippen LogP contribution in [0.4, 0.5) is 5.69 Å². The molecule has 1 aromatic heterocycles. The third-order valence-corrected chi connectivity index (χ3v) is 3.49. The molecule has 0 aliphatic carbocycles. The van der Waals surface area contributed by atoms with Crippen molar-refractivity contribution < 1.29 is 4.79 Å². The van der Waals surface area contributed by atoms with Crippen molar-refractivity contribution in [2.45, 2.75) is 6.92 Å². The third-order valence-electron chi connectivity index (χ3n) is 2.20. The Morgan fingerprint density at radius 2 is 2.12 bits per heavy atom. The van der Waals surface area contributed by atoms with E-state index in [4.69, 9.17) is 0 Å². The second-order valence-corrected chi connectivity index (χ2v) is 5.13. The van der Waals surface area contributed by atoms with Crippen LogP contribution < -0.4 is 5.32 Å². The predicted molar refractivity (Wildman–Crippen MR) is 74.7 cm³/mol. The van der Waals surface area contributed by atoms with Gasteiger partial charge in [0, 0.05) is 16.6 Å². The van der Waals surface area contributed by atoms with Crippen LogP contribution in [0.3, 0.4) is 0 Å². The molecule has 88 valence electrons. The van der Waals surface area contributed by atoms with E-state index in [1.165, 1.54) is 0 Å². The Morgan fingerprint density at radius 1 is 1.41 bits per heavy atom. The summed E-state index contributed by atoms with van der Waals surface area (Å²) in [5.41, 5.74) is 2.84. The lowest BCUT2D eigenvalue weighted by Crippen LogP contribution is -2.11. The van der Waals surface area contributed by atoms with Gasteiger partial charge in [0.1, 0.15) is 0 Å². The molecule has 5 heteroatoms. The van der Waals surface area contributed by atoms with Gasteiger partial charge < -0.3 is 5.32 Å². The number of rotatable bonds is 3. The van der Waals surface area contributed by atoms with E-state index in [0.717, 1.165) is 22.0 Å². The van der Waals surface area contributed by atoms with Crippen LogP contribution in [0.5, 0.6) is 0 Å². The van der Waals surface area contributed by atoms with E-state index in [0.29, 0.717) is 5.33 Å². The number of alkyl halides is 1. The zero-order valence-electron chi connectivity index (χ0n) is 9.24.